The normalized spacial score (nSPS) is 18.9. The molecule has 15 heavy (non-hydrogen) atoms. The fraction of sp³-hybridized carbons (Fsp3) is 0.909. The Labute approximate surface area is 92.0 Å². The number of ether oxygens (including phenoxy) is 1. The molecular formula is C11H22N2O2. The van der Waals surface area contributed by atoms with Crippen LogP contribution in [0.4, 0.5) is 0 Å². The summed E-state index contributed by atoms with van der Waals surface area (Å²) in [5, 5.41) is 3.31. The molecule has 0 aromatic heterocycles. The van der Waals surface area contributed by atoms with E-state index in [0.717, 1.165) is 39.1 Å². The number of hydrogen-bond acceptors (Lipinski definition) is 4. The highest BCUT2D eigenvalue weighted by molar-refractivity contribution is 5.75. The van der Waals surface area contributed by atoms with Gasteiger partial charge in [-0.25, -0.2) is 0 Å². The topological polar surface area (TPSA) is 41.6 Å². The highest BCUT2D eigenvalue weighted by atomic mass is 16.5. The minimum atomic E-state index is -0.361. The molecule has 0 amide bonds. The number of esters is 1. The maximum Gasteiger partial charge on any atom is 0.311 e. The first-order valence-corrected chi connectivity index (χ1v) is 5.58. The van der Waals surface area contributed by atoms with Crippen LogP contribution in [-0.4, -0.2) is 50.7 Å². The lowest BCUT2D eigenvalue weighted by Gasteiger charge is -2.30. The van der Waals surface area contributed by atoms with Crippen LogP contribution in [0.25, 0.3) is 0 Å². The molecule has 4 nitrogen and oxygen atoms in total. The first-order valence-electron chi connectivity index (χ1n) is 5.58. The van der Waals surface area contributed by atoms with E-state index in [-0.39, 0.29) is 11.4 Å². The zero-order valence-electron chi connectivity index (χ0n) is 10.0. The fourth-order valence-corrected chi connectivity index (χ4v) is 1.75. The summed E-state index contributed by atoms with van der Waals surface area (Å²) in [5.41, 5.74) is -0.361. The molecule has 1 rings (SSSR count). The summed E-state index contributed by atoms with van der Waals surface area (Å²) in [6, 6.07) is 0. The first-order chi connectivity index (χ1) is 7.06. The van der Waals surface area contributed by atoms with Gasteiger partial charge in [0.1, 0.15) is 0 Å². The SMILES string of the molecule is COC(=O)C(C)(C)CCN1CCNCC1. The molecule has 1 saturated heterocycles. The van der Waals surface area contributed by atoms with Crippen molar-refractivity contribution in [2.75, 3.05) is 39.8 Å². The standard InChI is InChI=1S/C11H22N2O2/c1-11(2,10(14)15-3)4-7-13-8-5-12-6-9-13/h12H,4-9H2,1-3H3. The summed E-state index contributed by atoms with van der Waals surface area (Å²) in [5.74, 6) is -0.113. The van der Waals surface area contributed by atoms with Crippen molar-refractivity contribution in [2.45, 2.75) is 20.3 Å². The maximum absolute atomic E-state index is 11.5. The Kier molecular flexibility index (Phi) is 4.54. The Morgan fingerprint density at radius 2 is 2.00 bits per heavy atom. The monoisotopic (exact) mass is 214 g/mol. The van der Waals surface area contributed by atoms with Gasteiger partial charge in [0.2, 0.25) is 0 Å². The summed E-state index contributed by atoms with van der Waals surface area (Å²) in [6.07, 6.45) is 0.861. The minimum absolute atomic E-state index is 0.113. The van der Waals surface area contributed by atoms with Crippen molar-refractivity contribution < 1.29 is 9.53 Å². The molecule has 0 spiro atoms. The lowest BCUT2D eigenvalue weighted by atomic mass is 9.89. The van der Waals surface area contributed by atoms with Crippen LogP contribution in [0.1, 0.15) is 20.3 Å². The van der Waals surface area contributed by atoms with Gasteiger partial charge in [0, 0.05) is 26.2 Å². The largest absolute Gasteiger partial charge is 0.469 e. The molecule has 1 aliphatic heterocycles. The molecule has 0 aromatic rings. The number of nitrogens with zero attached hydrogens (tertiary/aromatic N) is 1. The number of carbonyl (C=O) groups excluding carboxylic acids is 1. The van der Waals surface area contributed by atoms with Gasteiger partial charge in [-0.05, 0) is 26.8 Å². The van der Waals surface area contributed by atoms with Gasteiger partial charge in [0.05, 0.1) is 12.5 Å². The van der Waals surface area contributed by atoms with Gasteiger partial charge in [0.15, 0.2) is 0 Å². The van der Waals surface area contributed by atoms with Crippen LogP contribution in [-0.2, 0) is 9.53 Å². The second-order valence-corrected chi connectivity index (χ2v) is 4.72. The molecule has 0 bridgehead atoms. The average Bonchev–Trinajstić information content (AvgIpc) is 2.27. The smallest absolute Gasteiger partial charge is 0.311 e. The molecule has 0 unspecified atom stereocenters. The van der Waals surface area contributed by atoms with Crippen molar-refractivity contribution in [2.24, 2.45) is 5.41 Å². The number of piperazine rings is 1. The van der Waals surface area contributed by atoms with Crippen molar-refractivity contribution in [3.8, 4) is 0 Å². The van der Waals surface area contributed by atoms with E-state index in [1.54, 1.807) is 0 Å². The van der Waals surface area contributed by atoms with E-state index in [0.29, 0.717) is 0 Å². The van der Waals surface area contributed by atoms with Crippen molar-refractivity contribution in [1.82, 2.24) is 10.2 Å². The van der Waals surface area contributed by atoms with Crippen LogP contribution in [0.15, 0.2) is 0 Å². The van der Waals surface area contributed by atoms with Gasteiger partial charge >= 0.3 is 5.97 Å². The third-order valence-electron chi connectivity index (χ3n) is 3.00. The molecule has 88 valence electrons. The van der Waals surface area contributed by atoms with Gasteiger partial charge in [-0.2, -0.15) is 0 Å². The van der Waals surface area contributed by atoms with Crippen LogP contribution >= 0.6 is 0 Å². The van der Waals surface area contributed by atoms with Crippen molar-refractivity contribution in [1.29, 1.82) is 0 Å². The third kappa shape index (κ3) is 3.80. The van der Waals surface area contributed by atoms with E-state index in [1.165, 1.54) is 7.11 Å². The summed E-state index contributed by atoms with van der Waals surface area (Å²) >= 11 is 0. The zero-order valence-corrected chi connectivity index (χ0v) is 10.0. The lowest BCUT2D eigenvalue weighted by molar-refractivity contribution is -0.151. The van der Waals surface area contributed by atoms with E-state index in [4.69, 9.17) is 4.74 Å². The second kappa shape index (κ2) is 5.47. The van der Waals surface area contributed by atoms with Gasteiger partial charge in [0.25, 0.3) is 0 Å². The number of nitrogens with one attached hydrogen (secondary N) is 1. The van der Waals surface area contributed by atoms with Crippen LogP contribution in [0.3, 0.4) is 0 Å². The minimum Gasteiger partial charge on any atom is -0.469 e. The zero-order chi connectivity index (χ0) is 11.3. The van der Waals surface area contributed by atoms with Gasteiger partial charge in [-0.1, -0.05) is 0 Å². The summed E-state index contributed by atoms with van der Waals surface area (Å²) in [7, 11) is 1.45. The summed E-state index contributed by atoms with van der Waals surface area (Å²) in [4.78, 5) is 13.8. The van der Waals surface area contributed by atoms with Gasteiger partial charge < -0.3 is 15.0 Å². The second-order valence-electron chi connectivity index (χ2n) is 4.72. The molecule has 0 aliphatic carbocycles. The molecular weight excluding hydrogens is 192 g/mol. The molecule has 0 radical (unpaired) electrons. The highest BCUT2D eigenvalue weighted by Crippen LogP contribution is 2.22. The fourth-order valence-electron chi connectivity index (χ4n) is 1.75. The Balaban J connectivity index is 2.31. The molecule has 0 atom stereocenters. The predicted molar refractivity (Wildman–Crippen MR) is 59.7 cm³/mol. The summed E-state index contributed by atoms with van der Waals surface area (Å²) < 4.78 is 4.79. The highest BCUT2D eigenvalue weighted by Gasteiger charge is 2.29. The van der Waals surface area contributed by atoms with Crippen LogP contribution < -0.4 is 5.32 Å². The number of rotatable bonds is 4. The average molecular weight is 214 g/mol. The summed E-state index contributed by atoms with van der Waals surface area (Å²) in [6.45, 7) is 9.14. The quantitative estimate of drug-likeness (QED) is 0.691. The van der Waals surface area contributed by atoms with Gasteiger partial charge in [-0.15, -0.1) is 0 Å². The van der Waals surface area contributed by atoms with E-state index < -0.39 is 0 Å². The Morgan fingerprint density at radius 1 is 1.40 bits per heavy atom. The first kappa shape index (κ1) is 12.5. The molecule has 1 heterocycles. The maximum atomic E-state index is 11.5. The number of hydrogen-bond donors (Lipinski definition) is 1. The Bertz CT molecular complexity index is 211. The number of carbonyl (C=O) groups is 1. The van der Waals surface area contributed by atoms with E-state index >= 15 is 0 Å². The van der Waals surface area contributed by atoms with Gasteiger partial charge in [-0.3, -0.25) is 4.79 Å². The van der Waals surface area contributed by atoms with E-state index in [1.807, 2.05) is 13.8 Å². The third-order valence-corrected chi connectivity index (χ3v) is 3.00. The molecule has 4 heteroatoms. The van der Waals surface area contributed by atoms with Crippen LogP contribution in [0.5, 0.6) is 0 Å². The Morgan fingerprint density at radius 3 is 2.53 bits per heavy atom. The number of methoxy groups -OCH3 is 1. The van der Waals surface area contributed by atoms with Crippen LogP contribution in [0, 0.1) is 5.41 Å². The predicted octanol–water partition coefficient (Wildman–Crippen LogP) is 0.481. The van der Waals surface area contributed by atoms with E-state index in [2.05, 4.69) is 10.2 Å². The lowest BCUT2D eigenvalue weighted by Crippen LogP contribution is -2.45. The molecule has 1 aliphatic rings. The van der Waals surface area contributed by atoms with Crippen molar-refractivity contribution >= 4 is 5.97 Å². The van der Waals surface area contributed by atoms with E-state index in [9.17, 15) is 4.79 Å². The molecule has 0 aromatic carbocycles. The molecule has 1 N–H and O–H groups in total. The van der Waals surface area contributed by atoms with Crippen molar-refractivity contribution in [3.63, 3.8) is 0 Å². The molecule has 0 saturated carbocycles. The van der Waals surface area contributed by atoms with Crippen molar-refractivity contribution in [3.05, 3.63) is 0 Å². The molecule has 1 fully saturated rings. The Hall–Kier alpha value is -0.610. The van der Waals surface area contributed by atoms with Crippen LogP contribution in [0.2, 0.25) is 0 Å².